The first-order chi connectivity index (χ1) is 17.9. The van der Waals surface area contributed by atoms with Gasteiger partial charge in [-0.1, -0.05) is 151 Å². The molecule has 3 heteroatoms. The molecule has 1 heterocycles. The summed E-state index contributed by atoms with van der Waals surface area (Å²) in [6.45, 7) is 0. The first-order valence-corrected chi connectivity index (χ1v) is 12.1. The lowest BCUT2D eigenvalue weighted by Crippen LogP contribution is -2.38. The molecule has 1 aromatic heterocycles. The van der Waals surface area contributed by atoms with Gasteiger partial charge in [-0.25, -0.2) is 4.68 Å². The van der Waals surface area contributed by atoms with Gasteiger partial charge in [-0.3, -0.25) is 0 Å². The third kappa shape index (κ3) is 3.71. The van der Waals surface area contributed by atoms with Crippen molar-refractivity contribution in [3.63, 3.8) is 0 Å². The van der Waals surface area contributed by atoms with Crippen LogP contribution < -0.4 is 0 Å². The van der Waals surface area contributed by atoms with E-state index in [0.717, 1.165) is 39.1 Å². The van der Waals surface area contributed by atoms with E-state index in [9.17, 15) is 0 Å². The van der Waals surface area contributed by atoms with E-state index in [0.29, 0.717) is 0 Å². The second-order valence-electron chi connectivity index (χ2n) is 8.77. The number of hydrogen-bond donors (Lipinski definition) is 0. The zero-order chi connectivity index (χ0) is 24.2. The van der Waals surface area contributed by atoms with Gasteiger partial charge in [-0.15, -0.1) is 5.10 Å². The summed E-state index contributed by atoms with van der Waals surface area (Å²) < 4.78 is 2.02. The maximum absolute atomic E-state index is 4.80. The number of benzene rings is 5. The molecule has 3 nitrogen and oxygen atoms in total. The lowest BCUT2D eigenvalue weighted by molar-refractivity contribution is 0.446. The molecule has 36 heavy (non-hydrogen) atoms. The molecule has 6 rings (SSSR count). The highest BCUT2D eigenvalue weighted by atomic mass is 15.5. The van der Waals surface area contributed by atoms with Gasteiger partial charge in [0.15, 0.2) is 0 Å². The predicted octanol–water partition coefficient (Wildman–Crippen LogP) is 7.45. The first-order valence-electron chi connectivity index (χ1n) is 12.1. The predicted molar refractivity (Wildman–Crippen MR) is 145 cm³/mol. The normalized spacial score (nSPS) is 11.3. The SMILES string of the molecule is c1ccc(-c2ccccc2-c2cn(C(c3ccccc3)(c3ccccc3)c3ccccc3)nn2)cc1. The number of nitrogens with zero attached hydrogens (tertiary/aromatic N) is 3. The molecule has 5 aromatic carbocycles. The molecule has 172 valence electrons. The summed E-state index contributed by atoms with van der Waals surface area (Å²) in [7, 11) is 0. The average Bonchev–Trinajstić information content (AvgIpc) is 3.46. The van der Waals surface area contributed by atoms with Crippen LogP contribution in [0.15, 0.2) is 152 Å². The van der Waals surface area contributed by atoms with E-state index in [1.807, 2.05) is 28.9 Å². The van der Waals surface area contributed by atoms with Gasteiger partial charge in [0, 0.05) is 5.56 Å². The average molecular weight is 464 g/mol. The minimum Gasteiger partial charge on any atom is -0.232 e. The van der Waals surface area contributed by atoms with E-state index in [2.05, 4.69) is 128 Å². The van der Waals surface area contributed by atoms with Crippen LogP contribution in [0, 0.1) is 0 Å². The zero-order valence-electron chi connectivity index (χ0n) is 19.8. The van der Waals surface area contributed by atoms with Crippen molar-refractivity contribution in [1.29, 1.82) is 0 Å². The van der Waals surface area contributed by atoms with Gasteiger partial charge in [0.25, 0.3) is 0 Å². The van der Waals surface area contributed by atoms with Crippen LogP contribution in [0.25, 0.3) is 22.4 Å². The van der Waals surface area contributed by atoms with Gasteiger partial charge < -0.3 is 0 Å². The van der Waals surface area contributed by atoms with Crippen molar-refractivity contribution in [2.24, 2.45) is 0 Å². The van der Waals surface area contributed by atoms with Crippen molar-refractivity contribution in [3.05, 3.63) is 168 Å². The summed E-state index contributed by atoms with van der Waals surface area (Å²) >= 11 is 0. The fourth-order valence-electron chi connectivity index (χ4n) is 5.06. The monoisotopic (exact) mass is 463 g/mol. The molecule has 0 atom stereocenters. The first kappa shape index (κ1) is 21.8. The molecule has 0 N–H and O–H groups in total. The lowest BCUT2D eigenvalue weighted by atomic mass is 9.77. The van der Waals surface area contributed by atoms with Crippen LogP contribution in [0.3, 0.4) is 0 Å². The van der Waals surface area contributed by atoms with Gasteiger partial charge in [0.1, 0.15) is 11.2 Å². The van der Waals surface area contributed by atoms with E-state index < -0.39 is 5.54 Å². The number of rotatable bonds is 6. The van der Waals surface area contributed by atoms with Gasteiger partial charge >= 0.3 is 0 Å². The molecule has 0 radical (unpaired) electrons. The Hall–Kier alpha value is -4.76. The van der Waals surface area contributed by atoms with E-state index in [1.165, 1.54) is 0 Å². The molecular weight excluding hydrogens is 438 g/mol. The third-order valence-corrected chi connectivity index (χ3v) is 6.70. The fourth-order valence-corrected chi connectivity index (χ4v) is 5.06. The molecule has 0 fully saturated rings. The van der Waals surface area contributed by atoms with Crippen LogP contribution in [0.5, 0.6) is 0 Å². The van der Waals surface area contributed by atoms with Crippen molar-refractivity contribution in [1.82, 2.24) is 15.0 Å². The Morgan fingerprint density at radius 1 is 0.444 bits per heavy atom. The minimum atomic E-state index is -0.684. The van der Waals surface area contributed by atoms with Crippen LogP contribution >= 0.6 is 0 Å². The van der Waals surface area contributed by atoms with Crippen LogP contribution in [-0.4, -0.2) is 15.0 Å². The largest absolute Gasteiger partial charge is 0.232 e. The maximum Gasteiger partial charge on any atom is 0.139 e. The highest BCUT2D eigenvalue weighted by molar-refractivity contribution is 5.81. The van der Waals surface area contributed by atoms with Gasteiger partial charge in [-0.05, 0) is 27.8 Å². The molecular formula is C33H25N3. The quantitative estimate of drug-likeness (QED) is 0.240. The smallest absolute Gasteiger partial charge is 0.139 e. The Labute approximate surface area is 211 Å². The molecule has 0 bridgehead atoms. The molecule has 6 aromatic rings. The summed E-state index contributed by atoms with van der Waals surface area (Å²) in [4.78, 5) is 0. The summed E-state index contributed by atoms with van der Waals surface area (Å²) in [5, 5.41) is 9.52. The van der Waals surface area contributed by atoms with Gasteiger partial charge in [-0.2, -0.15) is 0 Å². The molecule has 0 spiro atoms. The standard InChI is InChI=1S/C33H25N3/c1-5-15-26(16-6-1)30-23-13-14-24-31(30)32-25-36(35-34-32)33(27-17-7-2-8-18-27,28-19-9-3-10-20-28)29-21-11-4-12-22-29/h1-25H. The van der Waals surface area contributed by atoms with Crippen molar-refractivity contribution >= 4 is 0 Å². The van der Waals surface area contributed by atoms with E-state index in [-0.39, 0.29) is 0 Å². The summed E-state index contributed by atoms with van der Waals surface area (Å²) in [5.74, 6) is 0. The van der Waals surface area contributed by atoms with Crippen molar-refractivity contribution in [2.45, 2.75) is 5.54 Å². The van der Waals surface area contributed by atoms with Crippen LogP contribution in [0.4, 0.5) is 0 Å². The number of aromatic nitrogens is 3. The summed E-state index contributed by atoms with van der Waals surface area (Å²) in [6, 6.07) is 50.4. The van der Waals surface area contributed by atoms with Gasteiger partial charge in [0.2, 0.25) is 0 Å². The lowest BCUT2D eigenvalue weighted by Gasteiger charge is -2.35. The Morgan fingerprint density at radius 2 is 0.861 bits per heavy atom. The molecule has 0 unspecified atom stereocenters. The molecule has 0 amide bonds. The molecule has 0 saturated heterocycles. The van der Waals surface area contributed by atoms with Crippen LogP contribution in [0.1, 0.15) is 16.7 Å². The topological polar surface area (TPSA) is 30.7 Å². The Morgan fingerprint density at radius 3 is 1.36 bits per heavy atom. The molecule has 0 saturated carbocycles. The van der Waals surface area contributed by atoms with Crippen molar-refractivity contribution in [2.75, 3.05) is 0 Å². The molecule has 0 aliphatic heterocycles. The highest BCUT2D eigenvalue weighted by Crippen LogP contribution is 2.41. The van der Waals surface area contributed by atoms with Crippen LogP contribution in [0.2, 0.25) is 0 Å². The van der Waals surface area contributed by atoms with E-state index in [4.69, 9.17) is 10.3 Å². The van der Waals surface area contributed by atoms with Crippen molar-refractivity contribution in [3.8, 4) is 22.4 Å². The Bertz CT molecular complexity index is 1460. The van der Waals surface area contributed by atoms with Crippen LogP contribution in [-0.2, 0) is 5.54 Å². The second kappa shape index (κ2) is 9.47. The Kier molecular flexibility index (Phi) is 5.72. The minimum absolute atomic E-state index is 0.684. The number of hydrogen-bond acceptors (Lipinski definition) is 2. The summed E-state index contributed by atoms with van der Waals surface area (Å²) in [5.41, 5.74) is 6.86. The van der Waals surface area contributed by atoms with Crippen molar-refractivity contribution < 1.29 is 0 Å². The maximum atomic E-state index is 4.80. The van der Waals surface area contributed by atoms with E-state index in [1.54, 1.807) is 0 Å². The summed E-state index contributed by atoms with van der Waals surface area (Å²) in [6.07, 6.45) is 2.08. The Balaban J connectivity index is 1.61. The molecule has 0 aliphatic rings. The second-order valence-corrected chi connectivity index (χ2v) is 8.77. The zero-order valence-corrected chi connectivity index (χ0v) is 19.8. The fraction of sp³-hybridized carbons (Fsp3) is 0.0303. The molecule has 0 aliphatic carbocycles. The van der Waals surface area contributed by atoms with Gasteiger partial charge in [0.05, 0.1) is 6.20 Å². The third-order valence-electron chi connectivity index (χ3n) is 6.70. The highest BCUT2D eigenvalue weighted by Gasteiger charge is 2.39. The van der Waals surface area contributed by atoms with E-state index >= 15 is 0 Å².